The van der Waals surface area contributed by atoms with Gasteiger partial charge >= 0.3 is 11.8 Å². The normalized spacial score (nSPS) is 19.3. The number of carbonyl (C=O) groups excluding carboxylic acids is 2. The van der Waals surface area contributed by atoms with Crippen LogP contribution in [0.25, 0.3) is 0 Å². The summed E-state index contributed by atoms with van der Waals surface area (Å²) < 4.78 is 16.3. The number of benzene rings is 1. The Labute approximate surface area is 140 Å². The first kappa shape index (κ1) is 16.7. The molecule has 0 atom stereocenters. The second-order valence-electron chi connectivity index (χ2n) is 5.93. The smallest absolute Gasteiger partial charge is 0.311 e. The lowest BCUT2D eigenvalue weighted by molar-refractivity contribution is -0.188. The van der Waals surface area contributed by atoms with Crippen LogP contribution in [0.3, 0.4) is 0 Å². The molecule has 1 N–H and O–H groups in total. The average Bonchev–Trinajstić information content (AvgIpc) is 3.08. The van der Waals surface area contributed by atoms with Gasteiger partial charge in [0.05, 0.1) is 20.3 Å². The van der Waals surface area contributed by atoms with Gasteiger partial charge in [-0.2, -0.15) is 0 Å². The van der Waals surface area contributed by atoms with E-state index < -0.39 is 17.6 Å². The van der Waals surface area contributed by atoms with Gasteiger partial charge in [0.1, 0.15) is 5.75 Å². The minimum atomic E-state index is -0.588. The van der Waals surface area contributed by atoms with E-state index in [1.165, 1.54) is 0 Å². The number of rotatable bonds is 3. The Morgan fingerprint density at radius 2 is 1.79 bits per heavy atom. The van der Waals surface area contributed by atoms with E-state index in [2.05, 4.69) is 5.32 Å². The number of methoxy groups -OCH3 is 1. The fourth-order valence-corrected chi connectivity index (χ4v) is 2.98. The van der Waals surface area contributed by atoms with Gasteiger partial charge in [-0.15, -0.1) is 0 Å². The van der Waals surface area contributed by atoms with Crippen LogP contribution in [0.15, 0.2) is 24.3 Å². The van der Waals surface area contributed by atoms with Crippen molar-refractivity contribution in [3.63, 3.8) is 0 Å². The maximum atomic E-state index is 12.2. The number of nitrogens with one attached hydrogen (secondary N) is 1. The molecule has 130 valence electrons. The molecule has 2 heterocycles. The van der Waals surface area contributed by atoms with E-state index in [1.807, 2.05) is 24.3 Å². The SMILES string of the molecule is COc1ccc(CNC(=O)C(=O)N2CCC3(CC2)OCCO3)cc1. The summed E-state index contributed by atoms with van der Waals surface area (Å²) in [5.74, 6) is -0.887. The molecule has 0 unspecified atom stereocenters. The zero-order valence-corrected chi connectivity index (χ0v) is 13.7. The third kappa shape index (κ3) is 3.68. The predicted molar refractivity (Wildman–Crippen MR) is 85.3 cm³/mol. The van der Waals surface area contributed by atoms with Gasteiger partial charge in [-0.1, -0.05) is 12.1 Å². The van der Waals surface area contributed by atoms with Crippen LogP contribution < -0.4 is 10.1 Å². The average molecular weight is 334 g/mol. The van der Waals surface area contributed by atoms with Gasteiger partial charge in [0.15, 0.2) is 5.79 Å². The van der Waals surface area contributed by atoms with Gasteiger partial charge in [-0.05, 0) is 17.7 Å². The molecule has 2 amide bonds. The van der Waals surface area contributed by atoms with E-state index in [0.717, 1.165) is 11.3 Å². The van der Waals surface area contributed by atoms with E-state index >= 15 is 0 Å². The fraction of sp³-hybridized carbons (Fsp3) is 0.529. The van der Waals surface area contributed by atoms with Crippen molar-refractivity contribution in [2.45, 2.75) is 25.2 Å². The Bertz CT molecular complexity index is 586. The van der Waals surface area contributed by atoms with Crippen molar-refractivity contribution in [1.29, 1.82) is 0 Å². The van der Waals surface area contributed by atoms with Crippen LogP contribution in [-0.4, -0.2) is 55.9 Å². The van der Waals surface area contributed by atoms with Crippen molar-refractivity contribution >= 4 is 11.8 Å². The van der Waals surface area contributed by atoms with Crippen LogP contribution in [0.5, 0.6) is 5.75 Å². The summed E-state index contributed by atoms with van der Waals surface area (Å²) in [4.78, 5) is 25.9. The van der Waals surface area contributed by atoms with E-state index in [1.54, 1.807) is 12.0 Å². The quantitative estimate of drug-likeness (QED) is 0.823. The molecule has 2 fully saturated rings. The Hall–Kier alpha value is -2.12. The molecular weight excluding hydrogens is 312 g/mol. The molecular formula is C17H22N2O5. The summed E-state index contributed by atoms with van der Waals surface area (Å²) in [6, 6.07) is 7.33. The highest BCUT2D eigenvalue weighted by molar-refractivity contribution is 6.34. The van der Waals surface area contributed by atoms with Gasteiger partial charge in [-0.3, -0.25) is 9.59 Å². The number of hydrogen-bond donors (Lipinski definition) is 1. The minimum absolute atomic E-state index is 0.304. The Morgan fingerprint density at radius 1 is 1.17 bits per heavy atom. The van der Waals surface area contributed by atoms with Crippen molar-refractivity contribution in [2.75, 3.05) is 33.4 Å². The molecule has 0 aromatic heterocycles. The summed E-state index contributed by atoms with van der Waals surface area (Å²) in [6.45, 7) is 2.43. The summed E-state index contributed by atoms with van der Waals surface area (Å²) in [5.41, 5.74) is 0.905. The van der Waals surface area contributed by atoms with Crippen LogP contribution >= 0.6 is 0 Å². The predicted octanol–water partition coefficient (Wildman–Crippen LogP) is 0.677. The van der Waals surface area contributed by atoms with E-state index in [0.29, 0.717) is 45.7 Å². The standard InChI is InChI=1S/C17H22N2O5/c1-22-14-4-2-13(3-5-14)12-18-15(20)16(21)19-8-6-17(7-9-19)23-10-11-24-17/h2-5H,6-12H2,1H3,(H,18,20). The zero-order chi connectivity index (χ0) is 17.0. The number of likely N-dealkylation sites (tertiary alicyclic amines) is 1. The summed E-state index contributed by atoms with van der Waals surface area (Å²) in [7, 11) is 1.60. The largest absolute Gasteiger partial charge is 0.497 e. The van der Waals surface area contributed by atoms with Crippen LogP contribution in [0.2, 0.25) is 0 Å². The highest BCUT2D eigenvalue weighted by atomic mass is 16.7. The number of carbonyl (C=O) groups is 2. The molecule has 0 bridgehead atoms. The first-order valence-electron chi connectivity index (χ1n) is 8.10. The fourth-order valence-electron chi connectivity index (χ4n) is 2.98. The van der Waals surface area contributed by atoms with E-state index in [4.69, 9.17) is 14.2 Å². The Morgan fingerprint density at radius 3 is 2.38 bits per heavy atom. The van der Waals surface area contributed by atoms with Crippen molar-refractivity contribution in [3.05, 3.63) is 29.8 Å². The molecule has 7 nitrogen and oxygen atoms in total. The molecule has 2 aliphatic heterocycles. The summed E-state index contributed by atoms with van der Waals surface area (Å²) in [5, 5.41) is 2.66. The van der Waals surface area contributed by atoms with Crippen molar-refractivity contribution in [2.24, 2.45) is 0 Å². The Balaban J connectivity index is 1.47. The maximum absolute atomic E-state index is 12.2. The third-order valence-corrected chi connectivity index (χ3v) is 4.43. The van der Waals surface area contributed by atoms with Crippen LogP contribution in [0.1, 0.15) is 18.4 Å². The molecule has 1 spiro atoms. The molecule has 0 radical (unpaired) electrons. The number of piperidine rings is 1. The first-order chi connectivity index (χ1) is 11.6. The highest BCUT2D eigenvalue weighted by Gasteiger charge is 2.41. The van der Waals surface area contributed by atoms with Crippen molar-refractivity contribution in [1.82, 2.24) is 10.2 Å². The molecule has 3 rings (SSSR count). The van der Waals surface area contributed by atoms with Crippen LogP contribution in [0, 0.1) is 0 Å². The molecule has 24 heavy (non-hydrogen) atoms. The van der Waals surface area contributed by atoms with Gasteiger partial charge in [0.2, 0.25) is 0 Å². The lowest BCUT2D eigenvalue weighted by Gasteiger charge is -2.37. The second-order valence-corrected chi connectivity index (χ2v) is 5.93. The maximum Gasteiger partial charge on any atom is 0.311 e. The molecule has 1 aromatic carbocycles. The third-order valence-electron chi connectivity index (χ3n) is 4.43. The number of hydrogen-bond acceptors (Lipinski definition) is 5. The molecule has 0 saturated carbocycles. The number of nitrogens with zero attached hydrogens (tertiary/aromatic N) is 1. The lowest BCUT2D eigenvalue weighted by atomic mass is 10.0. The molecule has 0 aliphatic carbocycles. The van der Waals surface area contributed by atoms with Crippen molar-refractivity contribution < 1.29 is 23.8 Å². The summed E-state index contributed by atoms with van der Waals surface area (Å²) >= 11 is 0. The first-order valence-corrected chi connectivity index (χ1v) is 8.10. The van der Waals surface area contributed by atoms with E-state index in [9.17, 15) is 9.59 Å². The monoisotopic (exact) mass is 334 g/mol. The van der Waals surface area contributed by atoms with E-state index in [-0.39, 0.29) is 0 Å². The second kappa shape index (κ2) is 7.19. The molecule has 2 aliphatic rings. The molecule has 1 aromatic rings. The van der Waals surface area contributed by atoms with Crippen molar-refractivity contribution in [3.8, 4) is 5.75 Å². The van der Waals surface area contributed by atoms with Crippen LogP contribution in [-0.2, 0) is 25.6 Å². The minimum Gasteiger partial charge on any atom is -0.497 e. The lowest BCUT2D eigenvalue weighted by Crippen LogP contribution is -2.51. The van der Waals surface area contributed by atoms with Gasteiger partial charge in [0.25, 0.3) is 0 Å². The van der Waals surface area contributed by atoms with Crippen LogP contribution in [0.4, 0.5) is 0 Å². The summed E-state index contributed by atoms with van der Waals surface area (Å²) in [6.07, 6.45) is 1.20. The number of ether oxygens (including phenoxy) is 3. The van der Waals surface area contributed by atoms with Gasteiger partial charge in [-0.25, -0.2) is 0 Å². The van der Waals surface area contributed by atoms with Gasteiger partial charge in [0, 0.05) is 32.5 Å². The topological polar surface area (TPSA) is 77.1 Å². The van der Waals surface area contributed by atoms with Gasteiger partial charge < -0.3 is 24.4 Å². The zero-order valence-electron chi connectivity index (χ0n) is 13.7. The Kier molecular flexibility index (Phi) is 5.01. The molecule has 2 saturated heterocycles. The number of amides is 2. The molecule has 7 heteroatoms. The highest BCUT2D eigenvalue weighted by Crippen LogP contribution is 2.31.